The first kappa shape index (κ1) is 15.2. The van der Waals surface area contributed by atoms with Gasteiger partial charge in [0.25, 0.3) is 0 Å². The van der Waals surface area contributed by atoms with Crippen LogP contribution in [0.5, 0.6) is 5.75 Å². The van der Waals surface area contributed by atoms with E-state index in [2.05, 4.69) is 0 Å². The van der Waals surface area contributed by atoms with Gasteiger partial charge in [-0.3, -0.25) is 9.59 Å². The lowest BCUT2D eigenvalue weighted by Crippen LogP contribution is -2.05. The van der Waals surface area contributed by atoms with Crippen LogP contribution in [-0.2, 0) is 11.2 Å². The number of rotatable bonds is 8. The summed E-state index contributed by atoms with van der Waals surface area (Å²) < 4.78 is 5.66. The molecule has 4 heteroatoms. The number of ketones is 1. The smallest absolute Gasteiger partial charge is 0.303 e. The Morgan fingerprint density at radius 3 is 2.58 bits per heavy atom. The summed E-state index contributed by atoms with van der Waals surface area (Å²) in [7, 11) is 0. The molecule has 19 heavy (non-hydrogen) atoms. The Bertz CT molecular complexity index is 451. The molecule has 104 valence electrons. The van der Waals surface area contributed by atoms with E-state index in [0.717, 1.165) is 17.7 Å². The predicted octanol–water partition coefficient (Wildman–Crippen LogP) is 3.09. The molecule has 1 rings (SSSR count). The quantitative estimate of drug-likeness (QED) is 0.579. The van der Waals surface area contributed by atoms with Crippen molar-refractivity contribution in [3.63, 3.8) is 0 Å². The number of carbonyl (C=O) groups excluding carboxylic acids is 1. The minimum absolute atomic E-state index is 0.0353. The molecule has 0 amide bonds. The van der Waals surface area contributed by atoms with Crippen LogP contribution in [0.3, 0.4) is 0 Å². The zero-order valence-corrected chi connectivity index (χ0v) is 11.4. The number of Topliss-reactive ketones (excluding diaryl/α,β-unsaturated/α-hetero) is 1. The van der Waals surface area contributed by atoms with Crippen LogP contribution in [-0.4, -0.2) is 23.5 Å². The van der Waals surface area contributed by atoms with Crippen LogP contribution in [0.15, 0.2) is 18.2 Å². The van der Waals surface area contributed by atoms with Gasteiger partial charge in [-0.2, -0.15) is 0 Å². The molecule has 0 heterocycles. The molecular weight excluding hydrogens is 244 g/mol. The molecule has 0 aliphatic heterocycles. The normalized spacial score (nSPS) is 10.2. The highest BCUT2D eigenvalue weighted by molar-refractivity contribution is 5.96. The third-order valence-corrected chi connectivity index (χ3v) is 2.91. The molecule has 4 nitrogen and oxygen atoms in total. The third-order valence-electron chi connectivity index (χ3n) is 2.91. The summed E-state index contributed by atoms with van der Waals surface area (Å²) in [4.78, 5) is 21.9. The Morgan fingerprint density at radius 2 is 2.00 bits per heavy atom. The molecule has 0 atom stereocenters. The number of benzene rings is 1. The van der Waals surface area contributed by atoms with Gasteiger partial charge in [-0.15, -0.1) is 0 Å². The van der Waals surface area contributed by atoms with Gasteiger partial charge in [0.1, 0.15) is 5.75 Å². The first-order valence-corrected chi connectivity index (χ1v) is 6.53. The van der Waals surface area contributed by atoms with Crippen molar-refractivity contribution < 1.29 is 19.4 Å². The van der Waals surface area contributed by atoms with Crippen LogP contribution >= 0.6 is 0 Å². The number of ether oxygens (including phenoxy) is 1. The Labute approximate surface area is 113 Å². The summed E-state index contributed by atoms with van der Waals surface area (Å²) in [5, 5.41) is 8.53. The number of carboxylic acid groups (broad SMARTS) is 1. The van der Waals surface area contributed by atoms with Gasteiger partial charge >= 0.3 is 5.97 Å². The number of carbonyl (C=O) groups is 2. The zero-order valence-electron chi connectivity index (χ0n) is 11.4. The van der Waals surface area contributed by atoms with Gasteiger partial charge in [-0.1, -0.05) is 19.1 Å². The van der Waals surface area contributed by atoms with Crippen molar-refractivity contribution in [3.8, 4) is 5.75 Å². The molecular formula is C15H20O4. The summed E-state index contributed by atoms with van der Waals surface area (Å²) in [5.74, 6) is -0.0217. The van der Waals surface area contributed by atoms with E-state index in [4.69, 9.17) is 9.84 Å². The summed E-state index contributed by atoms with van der Waals surface area (Å²) in [6.45, 7) is 4.01. The van der Waals surface area contributed by atoms with E-state index in [1.54, 1.807) is 13.0 Å². The lowest BCUT2D eigenvalue weighted by molar-refractivity contribution is -0.137. The van der Waals surface area contributed by atoms with E-state index in [-0.39, 0.29) is 12.2 Å². The van der Waals surface area contributed by atoms with Gasteiger partial charge in [0.2, 0.25) is 0 Å². The van der Waals surface area contributed by atoms with Crippen LogP contribution in [0.4, 0.5) is 0 Å². The van der Waals surface area contributed by atoms with Crippen LogP contribution in [0.1, 0.15) is 49.0 Å². The molecule has 0 bridgehead atoms. The molecule has 0 aliphatic carbocycles. The largest absolute Gasteiger partial charge is 0.493 e. The Hall–Kier alpha value is -1.84. The van der Waals surface area contributed by atoms with Crippen LogP contribution < -0.4 is 4.74 Å². The maximum atomic E-state index is 11.5. The second kappa shape index (κ2) is 7.56. The first-order chi connectivity index (χ1) is 9.06. The minimum Gasteiger partial charge on any atom is -0.493 e. The Morgan fingerprint density at radius 1 is 1.26 bits per heavy atom. The van der Waals surface area contributed by atoms with Crippen molar-refractivity contribution in [1.29, 1.82) is 0 Å². The highest BCUT2D eigenvalue weighted by Crippen LogP contribution is 2.23. The van der Waals surface area contributed by atoms with Gasteiger partial charge in [0.05, 0.1) is 6.61 Å². The SMILES string of the molecule is CCc1c(OCCCCC(=O)O)cccc1C(C)=O. The lowest BCUT2D eigenvalue weighted by atomic mass is 10.0. The van der Waals surface area contributed by atoms with Crippen molar-refractivity contribution >= 4 is 11.8 Å². The number of unbranched alkanes of at least 4 members (excludes halogenated alkanes) is 1. The first-order valence-electron chi connectivity index (χ1n) is 6.53. The standard InChI is InChI=1S/C15H20O4/c1-3-12-13(11(2)16)7-6-8-14(12)19-10-5-4-9-15(17)18/h6-8H,3-5,9-10H2,1-2H3,(H,17,18). The Balaban J connectivity index is 2.60. The highest BCUT2D eigenvalue weighted by Gasteiger charge is 2.10. The second-order valence-electron chi connectivity index (χ2n) is 4.39. The van der Waals surface area contributed by atoms with Gasteiger partial charge in [0.15, 0.2) is 5.78 Å². The van der Waals surface area contributed by atoms with E-state index >= 15 is 0 Å². The van der Waals surface area contributed by atoms with Crippen molar-refractivity contribution in [2.24, 2.45) is 0 Å². The molecule has 0 fully saturated rings. The topological polar surface area (TPSA) is 63.6 Å². The second-order valence-corrected chi connectivity index (χ2v) is 4.39. The van der Waals surface area contributed by atoms with Crippen LogP contribution in [0, 0.1) is 0 Å². The van der Waals surface area contributed by atoms with E-state index in [9.17, 15) is 9.59 Å². The number of hydrogen-bond acceptors (Lipinski definition) is 3. The molecule has 0 aliphatic rings. The van der Waals surface area contributed by atoms with Crippen LogP contribution in [0.25, 0.3) is 0 Å². The summed E-state index contributed by atoms with van der Waals surface area (Å²) in [6.07, 6.45) is 2.20. The molecule has 1 N–H and O–H groups in total. The van der Waals surface area contributed by atoms with Gasteiger partial charge in [0, 0.05) is 17.5 Å². The van der Waals surface area contributed by atoms with Gasteiger partial charge in [-0.25, -0.2) is 0 Å². The summed E-state index contributed by atoms with van der Waals surface area (Å²) in [5.41, 5.74) is 1.62. The van der Waals surface area contributed by atoms with E-state index in [0.29, 0.717) is 25.0 Å². The van der Waals surface area contributed by atoms with Crippen molar-refractivity contribution in [3.05, 3.63) is 29.3 Å². The van der Waals surface area contributed by atoms with Crippen molar-refractivity contribution in [2.45, 2.75) is 39.5 Å². The predicted molar refractivity (Wildman–Crippen MR) is 72.8 cm³/mol. The van der Waals surface area contributed by atoms with Crippen molar-refractivity contribution in [1.82, 2.24) is 0 Å². The fourth-order valence-electron chi connectivity index (χ4n) is 1.96. The highest BCUT2D eigenvalue weighted by atomic mass is 16.5. The Kier molecular flexibility index (Phi) is 6.06. The average molecular weight is 264 g/mol. The molecule has 0 radical (unpaired) electrons. The fourth-order valence-corrected chi connectivity index (χ4v) is 1.96. The molecule has 0 spiro atoms. The van der Waals surface area contributed by atoms with Gasteiger partial charge in [-0.05, 0) is 32.3 Å². The molecule has 0 aromatic heterocycles. The van der Waals surface area contributed by atoms with E-state index in [1.165, 1.54) is 0 Å². The zero-order chi connectivity index (χ0) is 14.3. The molecule has 0 unspecified atom stereocenters. The minimum atomic E-state index is -0.784. The molecule has 0 saturated heterocycles. The monoisotopic (exact) mass is 264 g/mol. The van der Waals surface area contributed by atoms with Crippen molar-refractivity contribution in [2.75, 3.05) is 6.61 Å². The summed E-state index contributed by atoms with van der Waals surface area (Å²) in [6, 6.07) is 5.46. The maximum Gasteiger partial charge on any atom is 0.303 e. The fraction of sp³-hybridized carbons (Fsp3) is 0.467. The number of aliphatic carboxylic acids is 1. The van der Waals surface area contributed by atoms with Crippen LogP contribution in [0.2, 0.25) is 0 Å². The molecule has 0 saturated carbocycles. The average Bonchev–Trinajstić information content (AvgIpc) is 2.37. The van der Waals surface area contributed by atoms with E-state index < -0.39 is 5.97 Å². The van der Waals surface area contributed by atoms with Gasteiger partial charge < -0.3 is 9.84 Å². The lowest BCUT2D eigenvalue weighted by Gasteiger charge is -2.13. The molecule has 1 aromatic carbocycles. The third kappa shape index (κ3) is 4.73. The van der Waals surface area contributed by atoms with E-state index in [1.807, 2.05) is 19.1 Å². The number of carboxylic acids is 1. The number of hydrogen-bond donors (Lipinski definition) is 1. The summed E-state index contributed by atoms with van der Waals surface area (Å²) >= 11 is 0. The molecule has 1 aromatic rings. The maximum absolute atomic E-state index is 11.5.